The number of hydrogen-bond donors (Lipinski definition) is 2. The van der Waals surface area contributed by atoms with E-state index in [2.05, 4.69) is 18.7 Å². The lowest BCUT2D eigenvalue weighted by Crippen LogP contribution is -1.92. The molecule has 1 aliphatic carbocycles. The van der Waals surface area contributed by atoms with Crippen molar-refractivity contribution in [1.29, 1.82) is 0 Å². The zero-order valence-electron chi connectivity index (χ0n) is 15.6. The molecule has 0 amide bonds. The Hall–Kier alpha value is 0.530. The van der Waals surface area contributed by atoms with Gasteiger partial charge in [-0.3, -0.25) is 0 Å². The Bertz CT molecular complexity index is 346. The van der Waals surface area contributed by atoms with Crippen LogP contribution in [0.5, 0.6) is 0 Å². The largest absolute Gasteiger partial charge is 0.325 e. The maximum Gasteiger partial charge on any atom is 0.321 e. The van der Waals surface area contributed by atoms with Gasteiger partial charge in [0.1, 0.15) is 0 Å². The van der Waals surface area contributed by atoms with Gasteiger partial charge in [-0.05, 0) is 36.5 Å². The summed E-state index contributed by atoms with van der Waals surface area (Å²) in [6.45, 7) is -0.762. The Kier molecular flexibility index (Phi) is 12.9. The van der Waals surface area contributed by atoms with Crippen molar-refractivity contribution in [3.63, 3.8) is 0 Å². The molecule has 24 heavy (non-hydrogen) atoms. The van der Waals surface area contributed by atoms with Gasteiger partial charge in [0.25, 0.3) is 0 Å². The minimum atomic E-state index is -3.42. The molecule has 0 aromatic heterocycles. The molecule has 1 rings (SSSR count). The van der Waals surface area contributed by atoms with Gasteiger partial charge < -0.3 is 14.3 Å². The predicted octanol–water partition coefficient (Wildman–Crippen LogP) is 6.33. The van der Waals surface area contributed by atoms with Gasteiger partial charge in [0.2, 0.25) is 0 Å². The molecule has 5 heteroatoms. The Balaban J connectivity index is 1.76. The molecule has 1 saturated carbocycles. The van der Waals surface area contributed by atoms with E-state index in [1.165, 1.54) is 83.5 Å². The van der Waals surface area contributed by atoms with Crippen LogP contribution in [0.15, 0.2) is 0 Å². The third-order valence-electron chi connectivity index (χ3n) is 5.23. The van der Waals surface area contributed by atoms with Crippen molar-refractivity contribution < 1.29 is 14.3 Å². The van der Waals surface area contributed by atoms with Crippen LogP contribution < -0.4 is 0 Å². The minimum absolute atomic E-state index is 0.381. The van der Waals surface area contributed by atoms with E-state index >= 15 is 0 Å². The third kappa shape index (κ3) is 13.8. The molecule has 0 bridgehead atoms. The SMILES string of the molecule is CCCCCCCCC1CC1CCCCCCCCOP(O)(O)=S. The van der Waals surface area contributed by atoms with Gasteiger partial charge >= 0.3 is 6.72 Å². The van der Waals surface area contributed by atoms with Crippen LogP contribution in [0.25, 0.3) is 0 Å². The molecule has 0 radical (unpaired) electrons. The second-order valence-electron chi connectivity index (χ2n) is 7.55. The summed E-state index contributed by atoms with van der Waals surface area (Å²) < 4.78 is 4.81. The third-order valence-corrected chi connectivity index (χ3v) is 6.06. The van der Waals surface area contributed by atoms with Crippen LogP contribution in [-0.2, 0) is 16.3 Å². The molecule has 3 nitrogen and oxygen atoms in total. The van der Waals surface area contributed by atoms with Crippen LogP contribution in [-0.4, -0.2) is 16.4 Å². The zero-order valence-corrected chi connectivity index (χ0v) is 17.3. The summed E-state index contributed by atoms with van der Waals surface area (Å²) >= 11 is 4.41. The average molecular weight is 379 g/mol. The van der Waals surface area contributed by atoms with Gasteiger partial charge in [0.05, 0.1) is 6.61 Å². The van der Waals surface area contributed by atoms with Crippen LogP contribution in [0.3, 0.4) is 0 Å². The topological polar surface area (TPSA) is 49.7 Å². The lowest BCUT2D eigenvalue weighted by atomic mass is 10.0. The van der Waals surface area contributed by atoms with Gasteiger partial charge in [0.15, 0.2) is 0 Å². The Morgan fingerprint density at radius 3 is 1.75 bits per heavy atom. The first-order chi connectivity index (χ1) is 11.5. The van der Waals surface area contributed by atoms with Gasteiger partial charge in [-0.15, -0.1) is 0 Å². The second kappa shape index (κ2) is 13.7. The molecule has 0 aliphatic heterocycles. The van der Waals surface area contributed by atoms with Crippen molar-refractivity contribution >= 4 is 18.5 Å². The van der Waals surface area contributed by atoms with Crippen molar-refractivity contribution in [1.82, 2.24) is 0 Å². The van der Waals surface area contributed by atoms with E-state index in [-0.39, 0.29) is 0 Å². The maximum atomic E-state index is 8.93. The molecule has 0 aromatic rings. The molecule has 1 aliphatic rings. The first-order valence-corrected chi connectivity index (χ1v) is 12.9. The number of hydrogen-bond acceptors (Lipinski definition) is 2. The molecule has 2 N–H and O–H groups in total. The molecular formula is C19H39O3PS. The van der Waals surface area contributed by atoms with Crippen molar-refractivity contribution in [2.75, 3.05) is 6.61 Å². The van der Waals surface area contributed by atoms with Crippen molar-refractivity contribution in [2.45, 2.75) is 103 Å². The zero-order chi connectivity index (χ0) is 17.7. The summed E-state index contributed by atoms with van der Waals surface area (Å²) in [5.74, 6) is 2.11. The standard InChI is InChI=1S/C19H39O3PS/c1-2-3-4-5-8-11-14-18-17-19(18)15-12-9-6-7-10-13-16-22-23(20,21)24/h18-19H,2-17H2,1H3,(H2,20,21,24). The summed E-state index contributed by atoms with van der Waals surface area (Å²) in [7, 11) is 0. The van der Waals surface area contributed by atoms with Gasteiger partial charge in [-0.2, -0.15) is 0 Å². The van der Waals surface area contributed by atoms with E-state index in [4.69, 9.17) is 14.3 Å². The first-order valence-electron chi connectivity index (χ1n) is 10.2. The fraction of sp³-hybridized carbons (Fsp3) is 1.00. The highest BCUT2D eigenvalue weighted by molar-refractivity contribution is 8.06. The van der Waals surface area contributed by atoms with Crippen LogP contribution in [0.1, 0.15) is 103 Å². The summed E-state index contributed by atoms with van der Waals surface area (Å²) in [6.07, 6.45) is 20.2. The predicted molar refractivity (Wildman–Crippen MR) is 107 cm³/mol. The molecule has 0 spiro atoms. The van der Waals surface area contributed by atoms with Gasteiger partial charge in [-0.1, -0.05) is 90.4 Å². The van der Waals surface area contributed by atoms with E-state index in [0.717, 1.165) is 24.7 Å². The second-order valence-corrected chi connectivity index (χ2v) is 10.2. The smallest absolute Gasteiger partial charge is 0.321 e. The number of rotatable bonds is 17. The maximum absolute atomic E-state index is 8.93. The van der Waals surface area contributed by atoms with Crippen molar-refractivity contribution in [3.05, 3.63) is 0 Å². The Morgan fingerprint density at radius 2 is 1.25 bits per heavy atom. The summed E-state index contributed by atoms with van der Waals surface area (Å²) in [5.41, 5.74) is 0. The highest BCUT2D eigenvalue weighted by Crippen LogP contribution is 2.45. The molecule has 1 fully saturated rings. The molecule has 0 saturated heterocycles. The molecule has 0 heterocycles. The van der Waals surface area contributed by atoms with Crippen LogP contribution in [0.2, 0.25) is 0 Å². The summed E-state index contributed by atoms with van der Waals surface area (Å²) in [4.78, 5) is 17.9. The molecule has 0 aromatic carbocycles. The summed E-state index contributed by atoms with van der Waals surface area (Å²) in [5, 5.41) is 0. The average Bonchev–Trinajstić information content (AvgIpc) is 3.26. The minimum Gasteiger partial charge on any atom is -0.325 e. The lowest BCUT2D eigenvalue weighted by Gasteiger charge is -2.07. The number of unbranched alkanes of at least 4 members (excludes halogenated alkanes) is 10. The van der Waals surface area contributed by atoms with Crippen LogP contribution >= 0.6 is 6.72 Å². The van der Waals surface area contributed by atoms with Gasteiger partial charge in [-0.25, -0.2) is 0 Å². The highest BCUT2D eigenvalue weighted by Gasteiger charge is 2.34. The quantitative estimate of drug-likeness (QED) is 0.229. The van der Waals surface area contributed by atoms with E-state index in [0.29, 0.717) is 6.61 Å². The van der Waals surface area contributed by atoms with Crippen molar-refractivity contribution in [2.24, 2.45) is 11.8 Å². The normalized spacial score (nSPS) is 20.5. The summed E-state index contributed by atoms with van der Waals surface area (Å²) in [6, 6.07) is 0. The van der Waals surface area contributed by atoms with E-state index in [9.17, 15) is 0 Å². The van der Waals surface area contributed by atoms with Gasteiger partial charge in [0, 0.05) is 0 Å². The Morgan fingerprint density at radius 1 is 0.792 bits per heavy atom. The van der Waals surface area contributed by atoms with E-state index in [1.54, 1.807) is 0 Å². The molecule has 144 valence electrons. The van der Waals surface area contributed by atoms with Crippen molar-refractivity contribution in [3.8, 4) is 0 Å². The molecule has 2 unspecified atom stereocenters. The van der Waals surface area contributed by atoms with E-state index in [1.807, 2.05) is 0 Å². The van der Waals surface area contributed by atoms with Crippen LogP contribution in [0.4, 0.5) is 0 Å². The first kappa shape index (κ1) is 22.6. The lowest BCUT2D eigenvalue weighted by molar-refractivity contribution is 0.245. The fourth-order valence-corrected chi connectivity index (χ4v) is 4.19. The Labute approximate surface area is 154 Å². The molecular weight excluding hydrogens is 339 g/mol. The van der Waals surface area contributed by atoms with E-state index < -0.39 is 6.72 Å². The highest BCUT2D eigenvalue weighted by atomic mass is 32.5. The van der Waals surface area contributed by atoms with Crippen LogP contribution in [0, 0.1) is 11.8 Å². The monoisotopic (exact) mass is 378 g/mol. The molecule has 2 atom stereocenters. The fourth-order valence-electron chi connectivity index (χ4n) is 3.60.